The molecule has 5 nitrogen and oxygen atoms in total. The van der Waals surface area contributed by atoms with Crippen LogP contribution in [0.25, 0.3) is 0 Å². The summed E-state index contributed by atoms with van der Waals surface area (Å²) in [6, 6.07) is 16.8. The van der Waals surface area contributed by atoms with E-state index in [0.29, 0.717) is 19.5 Å². The second-order valence-corrected chi connectivity index (χ2v) is 9.61. The zero-order chi connectivity index (χ0) is 22.5. The second kappa shape index (κ2) is 13.2. The fraction of sp³-hybridized carbons (Fsp3) is 0.480. The zero-order valence-corrected chi connectivity index (χ0v) is 19.6. The van der Waals surface area contributed by atoms with E-state index in [1.54, 1.807) is 24.3 Å². The summed E-state index contributed by atoms with van der Waals surface area (Å²) in [5.74, 6) is 0.420. The fourth-order valence-corrected chi connectivity index (χ4v) is 3.93. The normalized spacial score (nSPS) is 11.3. The SMILES string of the molecule is CCCCCCCCCC(=O)N(Cc1ccccc1)Cc1ccc(OS(C)(=O)=O)cc1. The van der Waals surface area contributed by atoms with Gasteiger partial charge in [-0.3, -0.25) is 4.79 Å². The van der Waals surface area contributed by atoms with Crippen LogP contribution in [-0.4, -0.2) is 25.5 Å². The van der Waals surface area contributed by atoms with E-state index in [1.165, 1.54) is 32.1 Å². The first-order valence-corrected chi connectivity index (χ1v) is 13.0. The Hall–Kier alpha value is -2.34. The quantitative estimate of drug-likeness (QED) is 0.277. The minimum Gasteiger partial charge on any atom is -0.383 e. The van der Waals surface area contributed by atoms with Gasteiger partial charge in [0.05, 0.1) is 6.26 Å². The number of benzene rings is 2. The summed E-state index contributed by atoms with van der Waals surface area (Å²) in [4.78, 5) is 14.8. The first-order valence-electron chi connectivity index (χ1n) is 11.2. The molecule has 0 fully saturated rings. The van der Waals surface area contributed by atoms with E-state index in [4.69, 9.17) is 4.18 Å². The van der Waals surface area contributed by atoms with E-state index >= 15 is 0 Å². The summed E-state index contributed by atoms with van der Waals surface area (Å²) in [6.07, 6.45) is 9.82. The standard InChI is InChI=1S/C25H35NO4S/c1-3-4-5-6-7-8-12-15-25(27)26(20-22-13-10-9-11-14-22)21-23-16-18-24(19-17-23)30-31(2,28)29/h9-11,13-14,16-19H,3-8,12,15,20-21H2,1-2H3. The van der Waals surface area contributed by atoms with Crippen LogP contribution in [-0.2, 0) is 28.0 Å². The molecule has 170 valence electrons. The van der Waals surface area contributed by atoms with Crippen LogP contribution in [0.1, 0.15) is 69.4 Å². The van der Waals surface area contributed by atoms with Gasteiger partial charge in [-0.15, -0.1) is 0 Å². The van der Waals surface area contributed by atoms with Crippen LogP contribution in [0.15, 0.2) is 54.6 Å². The van der Waals surface area contributed by atoms with E-state index in [-0.39, 0.29) is 11.7 Å². The zero-order valence-electron chi connectivity index (χ0n) is 18.8. The highest BCUT2D eigenvalue weighted by Gasteiger charge is 2.15. The van der Waals surface area contributed by atoms with E-state index in [1.807, 2.05) is 35.2 Å². The Balaban J connectivity index is 1.95. The third-order valence-corrected chi connectivity index (χ3v) is 5.60. The van der Waals surface area contributed by atoms with Gasteiger partial charge in [0.25, 0.3) is 0 Å². The third kappa shape index (κ3) is 10.5. The molecule has 0 bridgehead atoms. The first kappa shape index (κ1) is 24.9. The molecular formula is C25H35NO4S. The van der Waals surface area contributed by atoms with Gasteiger partial charge in [-0.1, -0.05) is 87.9 Å². The topological polar surface area (TPSA) is 63.7 Å². The Morgan fingerprint density at radius 3 is 1.94 bits per heavy atom. The number of unbranched alkanes of at least 4 members (excludes halogenated alkanes) is 6. The maximum atomic E-state index is 13.0. The van der Waals surface area contributed by atoms with Crippen molar-refractivity contribution in [2.75, 3.05) is 6.26 Å². The molecule has 0 unspecified atom stereocenters. The van der Waals surface area contributed by atoms with Gasteiger partial charge in [0.1, 0.15) is 5.75 Å². The Morgan fingerprint density at radius 1 is 0.806 bits per heavy atom. The van der Waals surface area contributed by atoms with E-state index < -0.39 is 10.1 Å². The van der Waals surface area contributed by atoms with Crippen LogP contribution < -0.4 is 4.18 Å². The third-order valence-electron chi connectivity index (χ3n) is 5.11. The fourth-order valence-electron chi connectivity index (χ4n) is 3.47. The van der Waals surface area contributed by atoms with Gasteiger partial charge in [0.15, 0.2) is 0 Å². The molecule has 0 atom stereocenters. The molecule has 0 saturated carbocycles. The molecule has 0 saturated heterocycles. The summed E-state index contributed by atoms with van der Waals surface area (Å²) >= 11 is 0. The van der Waals surface area contributed by atoms with Crippen molar-refractivity contribution in [2.45, 2.75) is 71.4 Å². The smallest absolute Gasteiger partial charge is 0.306 e. The molecule has 0 N–H and O–H groups in total. The number of nitrogens with zero attached hydrogens (tertiary/aromatic N) is 1. The first-order chi connectivity index (χ1) is 14.9. The second-order valence-electron chi connectivity index (χ2n) is 8.04. The lowest BCUT2D eigenvalue weighted by molar-refractivity contribution is -0.132. The lowest BCUT2D eigenvalue weighted by Gasteiger charge is -2.23. The number of carbonyl (C=O) groups excluding carboxylic acids is 1. The summed E-state index contributed by atoms with van der Waals surface area (Å²) in [5.41, 5.74) is 2.03. The van der Waals surface area contributed by atoms with Gasteiger partial charge in [0, 0.05) is 19.5 Å². The summed E-state index contributed by atoms with van der Waals surface area (Å²) in [5, 5.41) is 0. The van der Waals surface area contributed by atoms with Gasteiger partial charge in [-0.25, -0.2) is 0 Å². The largest absolute Gasteiger partial charge is 0.383 e. The highest BCUT2D eigenvalue weighted by atomic mass is 32.2. The maximum Gasteiger partial charge on any atom is 0.306 e. The molecule has 1 amide bonds. The minimum absolute atomic E-state index is 0.147. The molecule has 2 aromatic rings. The summed E-state index contributed by atoms with van der Waals surface area (Å²) in [7, 11) is -3.55. The highest BCUT2D eigenvalue weighted by Crippen LogP contribution is 2.18. The number of hydrogen-bond donors (Lipinski definition) is 0. The highest BCUT2D eigenvalue weighted by molar-refractivity contribution is 7.86. The van der Waals surface area contributed by atoms with Crippen molar-refractivity contribution in [1.29, 1.82) is 0 Å². The van der Waals surface area contributed by atoms with Crippen molar-refractivity contribution in [2.24, 2.45) is 0 Å². The van der Waals surface area contributed by atoms with Crippen molar-refractivity contribution in [3.63, 3.8) is 0 Å². The maximum absolute atomic E-state index is 13.0. The van der Waals surface area contributed by atoms with Crippen LogP contribution in [0.2, 0.25) is 0 Å². The Morgan fingerprint density at radius 2 is 1.35 bits per heavy atom. The predicted molar refractivity (Wildman–Crippen MR) is 125 cm³/mol. The van der Waals surface area contributed by atoms with Gasteiger partial charge < -0.3 is 9.08 Å². The average Bonchev–Trinajstić information content (AvgIpc) is 2.73. The molecule has 0 aliphatic carbocycles. The van der Waals surface area contributed by atoms with E-state index in [9.17, 15) is 13.2 Å². The Bertz CT molecular complexity index is 879. The summed E-state index contributed by atoms with van der Waals surface area (Å²) in [6.45, 7) is 3.24. The van der Waals surface area contributed by atoms with Crippen molar-refractivity contribution in [3.8, 4) is 5.75 Å². The van der Waals surface area contributed by atoms with Crippen LogP contribution in [0.5, 0.6) is 5.75 Å². The average molecular weight is 446 g/mol. The molecule has 6 heteroatoms. The van der Waals surface area contributed by atoms with Crippen molar-refractivity contribution in [1.82, 2.24) is 4.90 Å². The van der Waals surface area contributed by atoms with Crippen molar-refractivity contribution in [3.05, 3.63) is 65.7 Å². The molecule has 0 aliphatic rings. The Labute approximate surface area is 187 Å². The Kier molecular flexibility index (Phi) is 10.6. The molecule has 0 radical (unpaired) electrons. The molecular weight excluding hydrogens is 410 g/mol. The lowest BCUT2D eigenvalue weighted by atomic mass is 10.1. The van der Waals surface area contributed by atoms with Gasteiger partial charge >= 0.3 is 10.1 Å². The van der Waals surface area contributed by atoms with Crippen LogP contribution >= 0.6 is 0 Å². The minimum atomic E-state index is -3.55. The predicted octanol–water partition coefficient (Wildman–Crippen LogP) is 5.69. The molecule has 2 aromatic carbocycles. The van der Waals surface area contributed by atoms with Crippen LogP contribution in [0.3, 0.4) is 0 Å². The van der Waals surface area contributed by atoms with Gasteiger partial charge in [-0.2, -0.15) is 8.42 Å². The number of amides is 1. The number of hydrogen-bond acceptors (Lipinski definition) is 4. The molecule has 0 spiro atoms. The van der Waals surface area contributed by atoms with Gasteiger partial charge in [0.2, 0.25) is 5.91 Å². The molecule has 0 aliphatic heterocycles. The molecule has 31 heavy (non-hydrogen) atoms. The molecule has 0 heterocycles. The van der Waals surface area contributed by atoms with Crippen molar-refractivity contribution < 1.29 is 17.4 Å². The van der Waals surface area contributed by atoms with Gasteiger partial charge in [-0.05, 0) is 29.7 Å². The number of rotatable bonds is 14. The molecule has 0 aromatic heterocycles. The summed E-state index contributed by atoms with van der Waals surface area (Å²) < 4.78 is 27.5. The van der Waals surface area contributed by atoms with E-state index in [2.05, 4.69) is 6.92 Å². The van der Waals surface area contributed by atoms with Crippen molar-refractivity contribution >= 4 is 16.0 Å². The van der Waals surface area contributed by atoms with Crippen LogP contribution in [0, 0.1) is 0 Å². The monoisotopic (exact) mass is 445 g/mol. The van der Waals surface area contributed by atoms with Crippen LogP contribution in [0.4, 0.5) is 0 Å². The number of carbonyl (C=O) groups is 1. The van der Waals surface area contributed by atoms with E-state index in [0.717, 1.165) is 30.2 Å². The molecule has 2 rings (SSSR count). The lowest BCUT2D eigenvalue weighted by Crippen LogP contribution is -2.29.